The Hall–Kier alpha value is -3.14. The molecule has 23 heavy (non-hydrogen) atoms. The molecule has 0 spiro atoms. The van der Waals surface area contributed by atoms with Gasteiger partial charge in [0.1, 0.15) is 0 Å². The van der Waals surface area contributed by atoms with E-state index in [0.29, 0.717) is 16.9 Å². The highest BCUT2D eigenvalue weighted by Crippen LogP contribution is 2.24. The minimum Gasteiger partial charge on any atom is -0.325 e. The number of carbonyl (C=O) groups excluding carboxylic acids is 2. The van der Waals surface area contributed by atoms with Gasteiger partial charge in [-0.15, -0.1) is 0 Å². The lowest BCUT2D eigenvalue weighted by molar-refractivity contribution is -0.114. The summed E-state index contributed by atoms with van der Waals surface area (Å²) >= 11 is 0. The molecular formula is C19H16N2O2. The van der Waals surface area contributed by atoms with Crippen LogP contribution >= 0.6 is 0 Å². The van der Waals surface area contributed by atoms with Gasteiger partial charge in [0.25, 0.3) is 5.91 Å². The lowest BCUT2D eigenvalue weighted by Crippen LogP contribution is -2.15. The van der Waals surface area contributed by atoms with Crippen LogP contribution in [0.3, 0.4) is 0 Å². The van der Waals surface area contributed by atoms with Gasteiger partial charge in [0.05, 0.1) is 11.4 Å². The third-order valence-corrected chi connectivity index (χ3v) is 3.52. The molecule has 0 heterocycles. The minimum absolute atomic E-state index is 0.183. The van der Waals surface area contributed by atoms with Crippen molar-refractivity contribution in [2.24, 2.45) is 0 Å². The number of para-hydroxylation sites is 2. The zero-order chi connectivity index (χ0) is 16.2. The summed E-state index contributed by atoms with van der Waals surface area (Å²) in [5, 5.41) is 7.49. The van der Waals surface area contributed by atoms with Crippen molar-refractivity contribution in [3.8, 4) is 0 Å². The van der Waals surface area contributed by atoms with Crippen molar-refractivity contribution < 1.29 is 9.59 Å². The number of fused-ring (bicyclic) bond motifs is 1. The first-order chi connectivity index (χ1) is 11.1. The van der Waals surface area contributed by atoms with Crippen molar-refractivity contribution in [1.82, 2.24) is 0 Å². The van der Waals surface area contributed by atoms with Crippen molar-refractivity contribution in [2.45, 2.75) is 6.92 Å². The van der Waals surface area contributed by atoms with Gasteiger partial charge in [-0.1, -0.05) is 48.5 Å². The standard InChI is InChI=1S/C19H16N2O2/c1-13(22)20-17-11-4-5-12-18(17)21-19(23)16-10-6-8-14-7-2-3-9-15(14)16/h2-12H,1H3,(H,20,22)(H,21,23). The summed E-state index contributed by atoms with van der Waals surface area (Å²) in [6.07, 6.45) is 0. The lowest BCUT2D eigenvalue weighted by atomic mass is 10.0. The van der Waals surface area contributed by atoms with Gasteiger partial charge in [0, 0.05) is 12.5 Å². The maximum atomic E-state index is 12.6. The smallest absolute Gasteiger partial charge is 0.256 e. The van der Waals surface area contributed by atoms with Gasteiger partial charge in [-0.05, 0) is 29.0 Å². The van der Waals surface area contributed by atoms with Crippen LogP contribution in [-0.4, -0.2) is 11.8 Å². The molecule has 3 aromatic carbocycles. The van der Waals surface area contributed by atoms with Crippen LogP contribution in [0.5, 0.6) is 0 Å². The van der Waals surface area contributed by atoms with Crippen molar-refractivity contribution in [2.75, 3.05) is 10.6 Å². The zero-order valence-electron chi connectivity index (χ0n) is 12.7. The summed E-state index contributed by atoms with van der Waals surface area (Å²) in [6, 6.07) is 20.5. The fourth-order valence-electron chi connectivity index (χ4n) is 2.50. The van der Waals surface area contributed by atoms with E-state index in [0.717, 1.165) is 10.8 Å². The Labute approximate surface area is 134 Å². The maximum absolute atomic E-state index is 12.6. The Kier molecular flexibility index (Phi) is 4.06. The van der Waals surface area contributed by atoms with Gasteiger partial charge in [-0.2, -0.15) is 0 Å². The number of amides is 2. The predicted molar refractivity (Wildman–Crippen MR) is 92.6 cm³/mol. The molecule has 0 unspecified atom stereocenters. The molecule has 0 saturated heterocycles. The summed E-state index contributed by atoms with van der Waals surface area (Å²) in [5.41, 5.74) is 1.75. The minimum atomic E-state index is -0.209. The Balaban J connectivity index is 1.94. The van der Waals surface area contributed by atoms with Gasteiger partial charge < -0.3 is 10.6 Å². The zero-order valence-corrected chi connectivity index (χ0v) is 12.7. The molecule has 3 aromatic rings. The molecule has 114 valence electrons. The summed E-state index contributed by atoms with van der Waals surface area (Å²) in [7, 11) is 0. The first-order valence-electron chi connectivity index (χ1n) is 7.31. The number of anilines is 2. The average molecular weight is 304 g/mol. The van der Waals surface area contributed by atoms with E-state index in [2.05, 4.69) is 10.6 Å². The molecule has 4 heteroatoms. The molecule has 2 N–H and O–H groups in total. The second-order valence-electron chi connectivity index (χ2n) is 5.21. The van der Waals surface area contributed by atoms with E-state index in [4.69, 9.17) is 0 Å². The van der Waals surface area contributed by atoms with Gasteiger partial charge in [0.2, 0.25) is 5.91 Å². The van der Waals surface area contributed by atoms with E-state index < -0.39 is 0 Å². The molecule has 0 saturated carbocycles. The molecule has 0 bridgehead atoms. The molecule has 2 amide bonds. The Morgan fingerprint density at radius 3 is 2.09 bits per heavy atom. The number of benzene rings is 3. The van der Waals surface area contributed by atoms with E-state index in [9.17, 15) is 9.59 Å². The molecular weight excluding hydrogens is 288 g/mol. The highest BCUT2D eigenvalue weighted by atomic mass is 16.2. The monoisotopic (exact) mass is 304 g/mol. The van der Waals surface area contributed by atoms with Crippen LogP contribution in [0.2, 0.25) is 0 Å². The van der Waals surface area contributed by atoms with Gasteiger partial charge in [-0.3, -0.25) is 9.59 Å². The molecule has 0 aliphatic carbocycles. The third-order valence-electron chi connectivity index (χ3n) is 3.52. The Bertz CT molecular complexity index is 882. The molecule has 0 atom stereocenters. The van der Waals surface area contributed by atoms with E-state index >= 15 is 0 Å². The van der Waals surface area contributed by atoms with Gasteiger partial charge in [-0.25, -0.2) is 0 Å². The average Bonchev–Trinajstić information content (AvgIpc) is 2.55. The lowest BCUT2D eigenvalue weighted by Gasteiger charge is -2.12. The summed E-state index contributed by atoms with van der Waals surface area (Å²) in [5.74, 6) is -0.392. The molecule has 3 rings (SSSR count). The second-order valence-corrected chi connectivity index (χ2v) is 5.21. The summed E-state index contributed by atoms with van der Waals surface area (Å²) in [4.78, 5) is 23.9. The first kappa shape index (κ1) is 14.8. The Morgan fingerprint density at radius 2 is 1.35 bits per heavy atom. The van der Waals surface area contributed by atoms with Crippen LogP contribution in [0.25, 0.3) is 10.8 Å². The fraction of sp³-hybridized carbons (Fsp3) is 0.0526. The third kappa shape index (κ3) is 3.21. The first-order valence-corrected chi connectivity index (χ1v) is 7.31. The van der Waals surface area contributed by atoms with Crippen molar-refractivity contribution in [1.29, 1.82) is 0 Å². The quantitative estimate of drug-likeness (QED) is 0.767. The van der Waals surface area contributed by atoms with Crippen molar-refractivity contribution in [3.63, 3.8) is 0 Å². The molecule has 0 aliphatic heterocycles. The highest BCUT2D eigenvalue weighted by Gasteiger charge is 2.12. The van der Waals surface area contributed by atoms with E-state index in [1.165, 1.54) is 6.92 Å². The SMILES string of the molecule is CC(=O)Nc1ccccc1NC(=O)c1cccc2ccccc12. The van der Waals surface area contributed by atoms with Crippen LogP contribution in [-0.2, 0) is 4.79 Å². The molecule has 0 aliphatic rings. The number of nitrogens with one attached hydrogen (secondary N) is 2. The van der Waals surface area contributed by atoms with Crippen LogP contribution in [0, 0.1) is 0 Å². The molecule has 0 fully saturated rings. The maximum Gasteiger partial charge on any atom is 0.256 e. The topological polar surface area (TPSA) is 58.2 Å². The molecule has 0 radical (unpaired) electrons. The molecule has 4 nitrogen and oxygen atoms in total. The summed E-state index contributed by atoms with van der Waals surface area (Å²) in [6.45, 7) is 1.43. The highest BCUT2D eigenvalue weighted by molar-refractivity contribution is 6.14. The summed E-state index contributed by atoms with van der Waals surface area (Å²) < 4.78 is 0. The number of rotatable bonds is 3. The number of hydrogen-bond acceptors (Lipinski definition) is 2. The largest absolute Gasteiger partial charge is 0.325 e. The number of hydrogen-bond donors (Lipinski definition) is 2. The van der Waals surface area contributed by atoms with Crippen molar-refractivity contribution >= 4 is 34.0 Å². The van der Waals surface area contributed by atoms with Gasteiger partial charge >= 0.3 is 0 Å². The Morgan fingerprint density at radius 1 is 0.739 bits per heavy atom. The predicted octanol–water partition coefficient (Wildman–Crippen LogP) is 4.05. The van der Waals surface area contributed by atoms with Crippen LogP contribution in [0.4, 0.5) is 11.4 Å². The van der Waals surface area contributed by atoms with E-state index in [-0.39, 0.29) is 11.8 Å². The molecule has 0 aromatic heterocycles. The van der Waals surface area contributed by atoms with Crippen molar-refractivity contribution in [3.05, 3.63) is 72.3 Å². The normalized spacial score (nSPS) is 10.3. The van der Waals surface area contributed by atoms with Crippen LogP contribution < -0.4 is 10.6 Å². The number of carbonyl (C=O) groups is 2. The van der Waals surface area contributed by atoms with E-state index in [1.54, 1.807) is 24.3 Å². The fourth-order valence-corrected chi connectivity index (χ4v) is 2.50. The van der Waals surface area contributed by atoms with Crippen LogP contribution in [0.1, 0.15) is 17.3 Å². The second kappa shape index (κ2) is 6.32. The van der Waals surface area contributed by atoms with Crippen LogP contribution in [0.15, 0.2) is 66.7 Å². The van der Waals surface area contributed by atoms with E-state index in [1.807, 2.05) is 42.5 Å². The van der Waals surface area contributed by atoms with Gasteiger partial charge in [0.15, 0.2) is 0 Å².